The van der Waals surface area contributed by atoms with Gasteiger partial charge in [-0.05, 0) is 36.8 Å². The first kappa shape index (κ1) is 20.6. The predicted molar refractivity (Wildman–Crippen MR) is 111 cm³/mol. The molecule has 2 heterocycles. The molecule has 11 heteroatoms. The molecule has 0 radical (unpaired) electrons. The van der Waals surface area contributed by atoms with Gasteiger partial charge in [-0.25, -0.2) is 13.4 Å². The molecule has 0 saturated carbocycles. The molecule has 152 valence electrons. The summed E-state index contributed by atoms with van der Waals surface area (Å²) in [7, 11) is -3.43. The van der Waals surface area contributed by atoms with E-state index in [1.54, 1.807) is 36.6 Å². The van der Waals surface area contributed by atoms with Crippen molar-refractivity contribution in [2.24, 2.45) is 0 Å². The van der Waals surface area contributed by atoms with Crippen LogP contribution in [0.25, 0.3) is 0 Å². The van der Waals surface area contributed by atoms with Crippen LogP contribution in [0, 0.1) is 6.92 Å². The number of carbonyl (C=O) groups excluding carboxylic acids is 2. The van der Waals surface area contributed by atoms with Gasteiger partial charge >= 0.3 is 0 Å². The molecule has 2 aromatic heterocycles. The standard InChI is InChI=1S/C18H18N4O5S2/c1-11-5-6-12(8-14(11)22-29(2,25)26)19-16(23)9-13-10-28-18(20-13)21-17(24)15-4-3-7-27-15/h3-8,10,22H,9H2,1-2H3,(H,19,23)(H,20,21,24). The SMILES string of the molecule is Cc1ccc(NC(=O)Cc2csc(NC(=O)c3ccco3)n2)cc1NS(C)(=O)=O. The third kappa shape index (κ3) is 5.90. The van der Waals surface area contributed by atoms with Crippen LogP contribution < -0.4 is 15.4 Å². The number of carbonyl (C=O) groups is 2. The Balaban J connectivity index is 1.61. The Kier molecular flexibility index (Phi) is 5.99. The maximum atomic E-state index is 12.3. The van der Waals surface area contributed by atoms with Crippen molar-refractivity contribution in [3.8, 4) is 0 Å². The van der Waals surface area contributed by atoms with Crippen molar-refractivity contribution in [3.05, 3.63) is 59.0 Å². The van der Waals surface area contributed by atoms with Crippen LogP contribution in [-0.4, -0.2) is 31.5 Å². The highest BCUT2D eigenvalue weighted by atomic mass is 32.2. The minimum Gasteiger partial charge on any atom is -0.459 e. The number of nitrogens with zero attached hydrogens (tertiary/aromatic N) is 1. The average molecular weight is 434 g/mol. The minimum atomic E-state index is -3.43. The molecule has 2 amide bonds. The van der Waals surface area contributed by atoms with Gasteiger partial charge in [0.25, 0.3) is 5.91 Å². The molecule has 0 unspecified atom stereocenters. The predicted octanol–water partition coefficient (Wildman–Crippen LogP) is 2.85. The van der Waals surface area contributed by atoms with Crippen LogP contribution in [-0.2, 0) is 21.2 Å². The van der Waals surface area contributed by atoms with E-state index in [1.165, 1.54) is 23.7 Å². The van der Waals surface area contributed by atoms with Crippen molar-refractivity contribution in [3.63, 3.8) is 0 Å². The number of sulfonamides is 1. The molecule has 9 nitrogen and oxygen atoms in total. The quantitative estimate of drug-likeness (QED) is 0.524. The Hall–Kier alpha value is -3.18. The van der Waals surface area contributed by atoms with Gasteiger partial charge < -0.3 is 9.73 Å². The summed E-state index contributed by atoms with van der Waals surface area (Å²) in [6, 6.07) is 8.07. The maximum Gasteiger partial charge on any atom is 0.293 e. The zero-order valence-electron chi connectivity index (χ0n) is 15.6. The van der Waals surface area contributed by atoms with Gasteiger partial charge in [0.2, 0.25) is 15.9 Å². The monoisotopic (exact) mass is 434 g/mol. The van der Waals surface area contributed by atoms with E-state index in [4.69, 9.17) is 4.42 Å². The Morgan fingerprint density at radius 2 is 2.00 bits per heavy atom. The third-order valence-electron chi connectivity index (χ3n) is 3.68. The molecule has 0 aliphatic rings. The normalized spacial score (nSPS) is 11.1. The van der Waals surface area contributed by atoms with Crippen LogP contribution in [0.2, 0.25) is 0 Å². The van der Waals surface area contributed by atoms with Crippen LogP contribution in [0.3, 0.4) is 0 Å². The van der Waals surface area contributed by atoms with Gasteiger partial charge in [0.1, 0.15) is 0 Å². The van der Waals surface area contributed by atoms with Gasteiger partial charge in [-0.2, -0.15) is 0 Å². The van der Waals surface area contributed by atoms with Crippen molar-refractivity contribution in [1.29, 1.82) is 0 Å². The van der Waals surface area contributed by atoms with E-state index >= 15 is 0 Å². The Labute approximate surface area is 171 Å². The number of nitrogens with one attached hydrogen (secondary N) is 3. The lowest BCUT2D eigenvalue weighted by Crippen LogP contribution is -2.16. The van der Waals surface area contributed by atoms with Crippen molar-refractivity contribution in [1.82, 2.24) is 4.98 Å². The first-order chi connectivity index (χ1) is 13.7. The van der Waals surface area contributed by atoms with Crippen molar-refractivity contribution >= 4 is 49.7 Å². The van der Waals surface area contributed by atoms with Gasteiger partial charge in [0.15, 0.2) is 10.9 Å². The van der Waals surface area contributed by atoms with Crippen LogP contribution in [0.4, 0.5) is 16.5 Å². The second kappa shape index (κ2) is 8.45. The summed E-state index contributed by atoms with van der Waals surface area (Å²) >= 11 is 1.19. The van der Waals surface area contributed by atoms with Crippen molar-refractivity contribution in [2.75, 3.05) is 21.6 Å². The maximum absolute atomic E-state index is 12.3. The summed E-state index contributed by atoms with van der Waals surface area (Å²) < 4.78 is 30.3. The number of amides is 2. The summed E-state index contributed by atoms with van der Waals surface area (Å²) in [5.41, 5.74) is 2.06. The van der Waals surface area contributed by atoms with Gasteiger partial charge in [-0.15, -0.1) is 11.3 Å². The van der Waals surface area contributed by atoms with E-state index < -0.39 is 15.9 Å². The van der Waals surface area contributed by atoms with Gasteiger partial charge in [0, 0.05) is 11.1 Å². The topological polar surface area (TPSA) is 130 Å². The Morgan fingerprint density at radius 3 is 2.69 bits per heavy atom. The number of anilines is 3. The molecule has 0 fully saturated rings. The number of thiazole rings is 1. The average Bonchev–Trinajstić information content (AvgIpc) is 3.28. The number of rotatable bonds is 7. The summed E-state index contributed by atoms with van der Waals surface area (Å²) in [6.45, 7) is 1.76. The second-order valence-corrected chi connectivity index (χ2v) is 8.81. The fourth-order valence-corrected chi connectivity index (χ4v) is 3.72. The largest absolute Gasteiger partial charge is 0.459 e. The lowest BCUT2D eigenvalue weighted by atomic mass is 10.2. The lowest BCUT2D eigenvalue weighted by Gasteiger charge is -2.11. The third-order valence-corrected chi connectivity index (χ3v) is 5.07. The van der Waals surface area contributed by atoms with Crippen LogP contribution in [0.1, 0.15) is 21.8 Å². The zero-order chi connectivity index (χ0) is 21.0. The van der Waals surface area contributed by atoms with E-state index in [0.717, 1.165) is 11.8 Å². The zero-order valence-corrected chi connectivity index (χ0v) is 17.2. The smallest absolute Gasteiger partial charge is 0.293 e. The number of hydrogen-bond donors (Lipinski definition) is 3. The van der Waals surface area contributed by atoms with Crippen LogP contribution in [0.15, 0.2) is 46.4 Å². The van der Waals surface area contributed by atoms with Gasteiger partial charge in [-0.3, -0.25) is 19.6 Å². The fourth-order valence-electron chi connectivity index (χ4n) is 2.39. The highest BCUT2D eigenvalue weighted by molar-refractivity contribution is 7.92. The lowest BCUT2D eigenvalue weighted by molar-refractivity contribution is -0.115. The summed E-state index contributed by atoms with van der Waals surface area (Å²) in [5, 5.41) is 7.33. The Bertz CT molecular complexity index is 1140. The second-order valence-electron chi connectivity index (χ2n) is 6.20. The van der Waals surface area contributed by atoms with E-state index in [0.29, 0.717) is 22.2 Å². The molecule has 29 heavy (non-hydrogen) atoms. The summed E-state index contributed by atoms with van der Waals surface area (Å²) in [5.74, 6) is -0.586. The molecule has 0 spiro atoms. The number of aromatic nitrogens is 1. The molecule has 3 aromatic rings. The number of furan rings is 1. The van der Waals surface area contributed by atoms with E-state index in [-0.39, 0.29) is 18.1 Å². The molecule has 0 saturated heterocycles. The first-order valence-corrected chi connectivity index (χ1v) is 11.1. The molecule has 3 rings (SSSR count). The van der Waals surface area contributed by atoms with E-state index in [1.807, 2.05) is 0 Å². The molecular weight excluding hydrogens is 416 g/mol. The number of benzene rings is 1. The van der Waals surface area contributed by atoms with Crippen molar-refractivity contribution in [2.45, 2.75) is 13.3 Å². The highest BCUT2D eigenvalue weighted by Crippen LogP contribution is 2.22. The number of hydrogen-bond acceptors (Lipinski definition) is 7. The minimum absolute atomic E-state index is 0.00413. The van der Waals surface area contributed by atoms with E-state index in [2.05, 4.69) is 20.3 Å². The molecule has 0 aliphatic heterocycles. The summed E-state index contributed by atoms with van der Waals surface area (Å²) in [6.07, 6.45) is 2.45. The summed E-state index contributed by atoms with van der Waals surface area (Å²) in [4.78, 5) is 28.4. The molecule has 0 atom stereocenters. The van der Waals surface area contributed by atoms with E-state index in [9.17, 15) is 18.0 Å². The molecule has 0 aliphatic carbocycles. The molecule has 0 bridgehead atoms. The highest BCUT2D eigenvalue weighted by Gasteiger charge is 2.13. The van der Waals surface area contributed by atoms with Crippen LogP contribution in [0.5, 0.6) is 0 Å². The fraction of sp³-hybridized carbons (Fsp3) is 0.167. The van der Waals surface area contributed by atoms with Gasteiger partial charge in [-0.1, -0.05) is 6.07 Å². The molecule has 1 aromatic carbocycles. The number of aryl methyl sites for hydroxylation is 1. The molecule has 3 N–H and O–H groups in total. The first-order valence-electron chi connectivity index (χ1n) is 8.37. The van der Waals surface area contributed by atoms with Crippen LogP contribution >= 0.6 is 11.3 Å². The van der Waals surface area contributed by atoms with Gasteiger partial charge in [0.05, 0.1) is 30.3 Å². The molecular formula is C18H18N4O5S2. The Morgan fingerprint density at radius 1 is 1.21 bits per heavy atom. The van der Waals surface area contributed by atoms with Crippen molar-refractivity contribution < 1.29 is 22.4 Å².